The van der Waals surface area contributed by atoms with Crippen molar-refractivity contribution in [3.63, 3.8) is 0 Å². The van der Waals surface area contributed by atoms with Crippen LogP contribution in [0, 0.1) is 0 Å². The number of methoxy groups -OCH3 is 3. The third kappa shape index (κ3) is 3.68. The van der Waals surface area contributed by atoms with Crippen LogP contribution in [-0.4, -0.2) is 34.2 Å². The van der Waals surface area contributed by atoms with Crippen LogP contribution in [0.3, 0.4) is 0 Å². The lowest BCUT2D eigenvalue weighted by atomic mass is 9.97. The van der Waals surface area contributed by atoms with Crippen molar-refractivity contribution in [2.24, 2.45) is 0 Å². The van der Waals surface area contributed by atoms with Crippen molar-refractivity contribution in [2.45, 2.75) is 0 Å². The summed E-state index contributed by atoms with van der Waals surface area (Å²) in [5.74, 6) is 1.72. The third-order valence-corrected chi connectivity index (χ3v) is 3.58. The van der Waals surface area contributed by atoms with E-state index in [1.54, 1.807) is 52.8 Å². The van der Waals surface area contributed by atoms with Crippen LogP contribution in [0.4, 0.5) is 0 Å². The van der Waals surface area contributed by atoms with Gasteiger partial charge < -0.3 is 19.5 Å². The Hall–Kier alpha value is -2.95. The molecule has 0 aliphatic carbocycles. The lowest BCUT2D eigenvalue weighted by Gasteiger charge is -2.11. The molecule has 2 aromatic rings. The zero-order valence-electron chi connectivity index (χ0n) is 14.3. The van der Waals surface area contributed by atoms with E-state index in [1.807, 2.05) is 24.3 Å². The molecule has 0 bridgehead atoms. The van der Waals surface area contributed by atoms with Crippen molar-refractivity contribution >= 4 is 11.4 Å². The van der Waals surface area contributed by atoms with Crippen LogP contribution in [0.1, 0.15) is 15.9 Å². The van der Waals surface area contributed by atoms with Gasteiger partial charge in [-0.3, -0.25) is 4.79 Å². The molecule has 24 heavy (non-hydrogen) atoms. The molecule has 5 nitrogen and oxygen atoms in total. The van der Waals surface area contributed by atoms with Crippen LogP contribution in [0.2, 0.25) is 0 Å². The lowest BCUT2D eigenvalue weighted by molar-refractivity contribution is 0.105. The van der Waals surface area contributed by atoms with Gasteiger partial charge in [0.25, 0.3) is 0 Å². The number of ketones is 1. The fourth-order valence-electron chi connectivity index (χ4n) is 2.33. The Morgan fingerprint density at radius 1 is 0.875 bits per heavy atom. The molecule has 0 aromatic heterocycles. The topological polar surface area (TPSA) is 56.8 Å². The number of benzene rings is 2. The molecule has 0 saturated heterocycles. The summed E-state index contributed by atoms with van der Waals surface area (Å²) in [4.78, 5) is 12.9. The van der Waals surface area contributed by atoms with Gasteiger partial charge in [0.1, 0.15) is 5.75 Å². The number of ether oxygens (including phenoxy) is 3. The maximum atomic E-state index is 12.9. The van der Waals surface area contributed by atoms with Crippen LogP contribution in [0.5, 0.6) is 17.2 Å². The van der Waals surface area contributed by atoms with E-state index in [-0.39, 0.29) is 5.78 Å². The number of Topliss-reactive ketones (excluding diaryl/α,β-unsaturated/α-hetero) is 1. The molecule has 126 valence electrons. The molecule has 2 aromatic carbocycles. The zero-order chi connectivity index (χ0) is 17.5. The number of hydrogen-bond donors (Lipinski definition) is 1. The van der Waals surface area contributed by atoms with E-state index in [9.17, 15) is 4.79 Å². The minimum Gasteiger partial charge on any atom is -0.497 e. The summed E-state index contributed by atoms with van der Waals surface area (Å²) in [5, 5.41) is 2.93. The van der Waals surface area contributed by atoms with Gasteiger partial charge >= 0.3 is 0 Å². The fraction of sp³-hybridized carbons (Fsp3) is 0.211. The molecule has 0 saturated carbocycles. The summed E-state index contributed by atoms with van der Waals surface area (Å²) >= 11 is 0. The molecule has 0 aliphatic heterocycles. The molecule has 0 fully saturated rings. The fourth-order valence-corrected chi connectivity index (χ4v) is 2.33. The molecular weight excluding hydrogens is 306 g/mol. The smallest absolute Gasteiger partial charge is 0.195 e. The molecule has 0 spiro atoms. The maximum Gasteiger partial charge on any atom is 0.195 e. The first-order valence-corrected chi connectivity index (χ1v) is 7.43. The Balaban J connectivity index is 2.40. The van der Waals surface area contributed by atoms with Crippen molar-refractivity contribution < 1.29 is 19.0 Å². The summed E-state index contributed by atoms with van der Waals surface area (Å²) in [6.07, 6.45) is 1.68. The maximum absolute atomic E-state index is 12.9. The van der Waals surface area contributed by atoms with Crippen LogP contribution in [0.25, 0.3) is 5.57 Å². The van der Waals surface area contributed by atoms with E-state index in [0.29, 0.717) is 22.6 Å². The Bertz CT molecular complexity index is 736. The monoisotopic (exact) mass is 327 g/mol. The molecular formula is C19H21NO4. The summed E-state index contributed by atoms with van der Waals surface area (Å²) in [7, 11) is 6.46. The SMILES string of the molecule is CN/C=C(/C(=O)c1ccc(OC)c(OC)c1)c1ccc(OC)cc1. The van der Waals surface area contributed by atoms with Gasteiger partial charge in [-0.1, -0.05) is 12.1 Å². The zero-order valence-corrected chi connectivity index (χ0v) is 14.3. The molecule has 0 radical (unpaired) electrons. The van der Waals surface area contributed by atoms with E-state index in [1.165, 1.54) is 0 Å². The van der Waals surface area contributed by atoms with Crippen LogP contribution < -0.4 is 19.5 Å². The number of hydrogen-bond acceptors (Lipinski definition) is 5. The minimum atomic E-state index is -0.115. The van der Waals surface area contributed by atoms with Crippen molar-refractivity contribution in [3.05, 3.63) is 59.8 Å². The molecule has 1 N–H and O–H groups in total. The number of allylic oxidation sites excluding steroid dienone is 1. The van der Waals surface area contributed by atoms with Gasteiger partial charge in [-0.05, 0) is 35.9 Å². The Morgan fingerprint density at radius 3 is 2.04 bits per heavy atom. The Morgan fingerprint density at radius 2 is 1.50 bits per heavy atom. The van der Waals surface area contributed by atoms with Crippen molar-refractivity contribution in [1.29, 1.82) is 0 Å². The highest BCUT2D eigenvalue weighted by atomic mass is 16.5. The molecule has 0 aliphatic rings. The van der Waals surface area contributed by atoms with Crippen molar-refractivity contribution in [3.8, 4) is 17.2 Å². The number of rotatable bonds is 7. The molecule has 0 atom stereocenters. The Labute approximate surface area is 141 Å². The second-order valence-electron chi connectivity index (χ2n) is 4.97. The summed E-state index contributed by atoms with van der Waals surface area (Å²) in [6.45, 7) is 0. The standard InChI is InChI=1S/C19H21NO4/c1-20-12-16(13-5-8-15(22-2)9-6-13)19(21)14-7-10-17(23-3)18(11-14)24-4/h5-12,20H,1-4H3/b16-12+. The highest BCUT2D eigenvalue weighted by molar-refractivity contribution is 6.29. The molecule has 5 heteroatoms. The third-order valence-electron chi connectivity index (χ3n) is 3.58. The largest absolute Gasteiger partial charge is 0.497 e. The minimum absolute atomic E-state index is 0.115. The first kappa shape index (κ1) is 17.4. The van der Waals surface area contributed by atoms with Crippen LogP contribution in [0.15, 0.2) is 48.7 Å². The van der Waals surface area contributed by atoms with Crippen molar-refractivity contribution in [1.82, 2.24) is 5.32 Å². The lowest BCUT2D eigenvalue weighted by Crippen LogP contribution is -2.07. The quantitative estimate of drug-likeness (QED) is 0.625. The highest BCUT2D eigenvalue weighted by Crippen LogP contribution is 2.30. The predicted molar refractivity (Wildman–Crippen MR) is 93.9 cm³/mol. The second kappa shape index (κ2) is 8.06. The molecule has 2 rings (SSSR count). The Kier molecular flexibility index (Phi) is 5.84. The number of carbonyl (C=O) groups is 1. The van der Waals surface area contributed by atoms with Gasteiger partial charge in [-0.2, -0.15) is 0 Å². The summed E-state index contributed by atoms with van der Waals surface area (Å²) in [5.41, 5.74) is 1.86. The number of nitrogens with one attached hydrogen (secondary N) is 1. The molecule has 0 heterocycles. The summed E-state index contributed by atoms with van der Waals surface area (Å²) in [6, 6.07) is 12.4. The van der Waals surface area contributed by atoms with Crippen LogP contribution in [-0.2, 0) is 0 Å². The van der Waals surface area contributed by atoms with Gasteiger partial charge in [0.2, 0.25) is 0 Å². The normalized spacial score (nSPS) is 10.9. The van der Waals surface area contributed by atoms with Gasteiger partial charge in [-0.15, -0.1) is 0 Å². The summed E-state index contributed by atoms with van der Waals surface area (Å²) < 4.78 is 15.6. The van der Waals surface area contributed by atoms with Gasteiger partial charge in [0, 0.05) is 24.4 Å². The first-order valence-electron chi connectivity index (χ1n) is 7.43. The first-order chi connectivity index (χ1) is 11.6. The molecule has 0 amide bonds. The van der Waals surface area contributed by atoms with Crippen molar-refractivity contribution in [2.75, 3.05) is 28.4 Å². The average molecular weight is 327 g/mol. The van der Waals surface area contributed by atoms with Gasteiger partial charge in [0.15, 0.2) is 17.3 Å². The van der Waals surface area contributed by atoms with Gasteiger partial charge in [0.05, 0.1) is 21.3 Å². The van der Waals surface area contributed by atoms with E-state index in [0.717, 1.165) is 11.3 Å². The molecule has 0 unspecified atom stereocenters. The number of carbonyl (C=O) groups excluding carboxylic acids is 1. The van der Waals surface area contributed by atoms with E-state index < -0.39 is 0 Å². The van der Waals surface area contributed by atoms with Gasteiger partial charge in [-0.25, -0.2) is 0 Å². The predicted octanol–water partition coefficient (Wildman–Crippen LogP) is 3.16. The van der Waals surface area contributed by atoms with E-state index in [4.69, 9.17) is 14.2 Å². The average Bonchev–Trinajstić information content (AvgIpc) is 2.65. The van der Waals surface area contributed by atoms with E-state index in [2.05, 4.69) is 5.32 Å². The second-order valence-corrected chi connectivity index (χ2v) is 4.97. The van der Waals surface area contributed by atoms with Crippen LogP contribution >= 0.6 is 0 Å². The highest BCUT2D eigenvalue weighted by Gasteiger charge is 2.17. The van der Waals surface area contributed by atoms with E-state index >= 15 is 0 Å².